The lowest BCUT2D eigenvalue weighted by Crippen LogP contribution is -2.38. The minimum Gasteiger partial charge on any atom is -0.354 e. The van der Waals surface area contributed by atoms with Gasteiger partial charge in [-0.15, -0.1) is 0 Å². The van der Waals surface area contributed by atoms with Crippen molar-refractivity contribution >= 4 is 23.4 Å². The highest BCUT2D eigenvalue weighted by Gasteiger charge is 2.36. The number of nitrogens with one attached hydrogen (secondary N) is 2. The predicted octanol–water partition coefficient (Wildman–Crippen LogP) is 2.00. The highest BCUT2D eigenvalue weighted by molar-refractivity contribution is 6.00. The number of benzene rings is 1. The Morgan fingerprint density at radius 3 is 2.60 bits per heavy atom. The number of carbonyl (C=O) groups is 3. The van der Waals surface area contributed by atoms with Crippen molar-refractivity contribution < 1.29 is 27.6 Å². The minimum absolute atomic E-state index is 0.00593. The number of amides is 3. The Kier molecular flexibility index (Phi) is 6.34. The lowest BCUT2D eigenvalue weighted by atomic mass is 10.1. The molecule has 7 nitrogen and oxygen atoms in total. The first-order valence-corrected chi connectivity index (χ1v) is 9.19. The van der Waals surface area contributed by atoms with Crippen LogP contribution in [0.5, 0.6) is 0 Å². The summed E-state index contributed by atoms with van der Waals surface area (Å²) < 4.78 is 38.7. The first kappa shape index (κ1) is 21.3. The number of nitrogens with zero attached hydrogens (tertiary/aromatic N) is 2. The summed E-state index contributed by atoms with van der Waals surface area (Å²) in [6.45, 7) is 0.324. The molecule has 1 aliphatic heterocycles. The van der Waals surface area contributed by atoms with Crippen LogP contribution in [-0.2, 0) is 15.8 Å². The fourth-order valence-corrected chi connectivity index (χ4v) is 3.09. The van der Waals surface area contributed by atoms with E-state index >= 15 is 0 Å². The number of pyridine rings is 1. The molecule has 1 aromatic heterocycles. The topological polar surface area (TPSA) is 91.4 Å². The molecule has 0 saturated carbocycles. The highest BCUT2D eigenvalue weighted by atomic mass is 19.4. The van der Waals surface area contributed by atoms with Gasteiger partial charge in [-0.05, 0) is 30.3 Å². The number of halogens is 3. The second kappa shape index (κ2) is 8.93. The third kappa shape index (κ3) is 5.13. The molecule has 10 heteroatoms. The third-order valence-electron chi connectivity index (χ3n) is 4.61. The van der Waals surface area contributed by atoms with Crippen LogP contribution < -0.4 is 15.5 Å². The van der Waals surface area contributed by atoms with E-state index in [1.54, 1.807) is 18.3 Å². The van der Waals surface area contributed by atoms with Gasteiger partial charge in [0.25, 0.3) is 5.91 Å². The molecule has 1 unspecified atom stereocenters. The Balaban J connectivity index is 1.50. The number of anilines is 1. The van der Waals surface area contributed by atoms with Gasteiger partial charge in [-0.1, -0.05) is 6.07 Å². The molecule has 0 spiro atoms. The van der Waals surface area contributed by atoms with E-state index in [1.165, 1.54) is 23.2 Å². The number of hydrogen-bond donors (Lipinski definition) is 2. The SMILES string of the molecule is O=C(NCCNC(=O)C1CC(=O)N(c2cccc(C(F)(F)F)c2)C1)c1cccnc1. The summed E-state index contributed by atoms with van der Waals surface area (Å²) in [5, 5.41) is 5.26. The molecule has 1 saturated heterocycles. The zero-order chi connectivity index (χ0) is 21.7. The van der Waals surface area contributed by atoms with Crippen molar-refractivity contribution in [1.82, 2.24) is 15.6 Å². The molecule has 1 atom stereocenters. The lowest BCUT2D eigenvalue weighted by molar-refractivity contribution is -0.137. The molecule has 30 heavy (non-hydrogen) atoms. The Bertz CT molecular complexity index is 934. The van der Waals surface area contributed by atoms with Crippen LogP contribution >= 0.6 is 0 Å². The van der Waals surface area contributed by atoms with Gasteiger partial charge in [0.05, 0.1) is 17.0 Å². The van der Waals surface area contributed by atoms with Gasteiger partial charge >= 0.3 is 6.18 Å². The van der Waals surface area contributed by atoms with Crippen LogP contribution in [0.3, 0.4) is 0 Å². The van der Waals surface area contributed by atoms with Crippen molar-refractivity contribution in [3.63, 3.8) is 0 Å². The van der Waals surface area contributed by atoms with Crippen molar-refractivity contribution in [1.29, 1.82) is 0 Å². The fraction of sp³-hybridized carbons (Fsp3) is 0.300. The van der Waals surface area contributed by atoms with Gasteiger partial charge in [0.2, 0.25) is 11.8 Å². The van der Waals surface area contributed by atoms with Gasteiger partial charge in [-0.3, -0.25) is 19.4 Å². The number of hydrogen-bond acceptors (Lipinski definition) is 4. The van der Waals surface area contributed by atoms with Crippen molar-refractivity contribution in [2.75, 3.05) is 24.5 Å². The second-order valence-electron chi connectivity index (χ2n) is 6.74. The van der Waals surface area contributed by atoms with Gasteiger partial charge in [0, 0.05) is 44.1 Å². The molecular formula is C20H19F3N4O3. The first-order valence-electron chi connectivity index (χ1n) is 9.19. The van der Waals surface area contributed by atoms with Crippen molar-refractivity contribution in [2.45, 2.75) is 12.6 Å². The Morgan fingerprint density at radius 1 is 1.13 bits per heavy atom. The van der Waals surface area contributed by atoms with Crippen LogP contribution in [0.15, 0.2) is 48.8 Å². The molecule has 3 rings (SSSR count). The van der Waals surface area contributed by atoms with Crippen LogP contribution in [0.4, 0.5) is 18.9 Å². The maximum atomic E-state index is 12.9. The molecule has 2 heterocycles. The summed E-state index contributed by atoms with van der Waals surface area (Å²) in [7, 11) is 0. The van der Waals surface area contributed by atoms with Crippen LogP contribution in [0.25, 0.3) is 0 Å². The fourth-order valence-electron chi connectivity index (χ4n) is 3.09. The summed E-state index contributed by atoms with van der Waals surface area (Å²) in [6.07, 6.45) is -1.65. The monoisotopic (exact) mass is 420 g/mol. The third-order valence-corrected chi connectivity index (χ3v) is 4.61. The van der Waals surface area contributed by atoms with Gasteiger partial charge in [0.15, 0.2) is 0 Å². The number of rotatable bonds is 6. The zero-order valence-corrected chi connectivity index (χ0v) is 15.8. The second-order valence-corrected chi connectivity index (χ2v) is 6.74. The molecule has 158 valence electrons. The van der Waals surface area contributed by atoms with E-state index in [4.69, 9.17) is 0 Å². The van der Waals surface area contributed by atoms with Crippen LogP contribution in [0.2, 0.25) is 0 Å². The maximum Gasteiger partial charge on any atom is 0.416 e. The first-order chi connectivity index (χ1) is 14.3. The number of alkyl halides is 3. The average molecular weight is 420 g/mol. The van der Waals surface area contributed by atoms with Gasteiger partial charge in [0.1, 0.15) is 0 Å². The van der Waals surface area contributed by atoms with E-state index in [-0.39, 0.29) is 37.6 Å². The predicted molar refractivity (Wildman–Crippen MR) is 101 cm³/mol. The maximum absolute atomic E-state index is 12.9. The molecule has 1 aliphatic rings. The van der Waals surface area contributed by atoms with E-state index in [2.05, 4.69) is 15.6 Å². The van der Waals surface area contributed by atoms with Crippen molar-refractivity contribution in [3.05, 3.63) is 59.9 Å². The van der Waals surface area contributed by atoms with E-state index in [0.29, 0.717) is 5.56 Å². The van der Waals surface area contributed by atoms with E-state index in [9.17, 15) is 27.6 Å². The number of aromatic nitrogens is 1. The molecule has 0 aliphatic carbocycles. The minimum atomic E-state index is -4.52. The van der Waals surface area contributed by atoms with E-state index in [1.807, 2.05) is 0 Å². The Hall–Kier alpha value is -3.43. The lowest BCUT2D eigenvalue weighted by Gasteiger charge is -2.18. The summed E-state index contributed by atoms with van der Waals surface area (Å²) in [5.74, 6) is -1.82. The zero-order valence-electron chi connectivity index (χ0n) is 15.8. The smallest absolute Gasteiger partial charge is 0.354 e. The van der Waals surface area contributed by atoms with Gasteiger partial charge in [-0.2, -0.15) is 13.2 Å². The molecular weight excluding hydrogens is 401 g/mol. The van der Waals surface area contributed by atoms with Crippen LogP contribution in [0.1, 0.15) is 22.3 Å². The molecule has 1 aromatic carbocycles. The van der Waals surface area contributed by atoms with Crippen molar-refractivity contribution in [3.8, 4) is 0 Å². The van der Waals surface area contributed by atoms with Gasteiger partial charge < -0.3 is 15.5 Å². The quantitative estimate of drug-likeness (QED) is 0.700. The molecule has 2 N–H and O–H groups in total. The Morgan fingerprint density at radius 2 is 1.90 bits per heavy atom. The normalized spacial score (nSPS) is 16.4. The Labute approximate surface area is 170 Å². The standard InChI is InChI=1S/C20H19F3N4O3/c21-20(22,23)15-4-1-5-16(10-15)27-12-14(9-17(27)28)19(30)26-8-7-25-18(29)13-3-2-6-24-11-13/h1-6,10-11,14H,7-9,12H2,(H,25,29)(H,26,30). The van der Waals surface area contributed by atoms with Crippen LogP contribution in [0, 0.1) is 5.92 Å². The average Bonchev–Trinajstić information content (AvgIpc) is 3.13. The molecule has 0 radical (unpaired) electrons. The van der Waals surface area contributed by atoms with E-state index in [0.717, 1.165) is 12.1 Å². The molecule has 2 aromatic rings. The molecule has 0 bridgehead atoms. The summed E-state index contributed by atoms with van der Waals surface area (Å²) in [6, 6.07) is 7.68. The number of carbonyl (C=O) groups excluding carboxylic acids is 3. The molecule has 3 amide bonds. The largest absolute Gasteiger partial charge is 0.416 e. The summed E-state index contributed by atoms with van der Waals surface area (Å²) in [5.41, 5.74) is -0.360. The van der Waals surface area contributed by atoms with Crippen LogP contribution in [-0.4, -0.2) is 42.3 Å². The summed E-state index contributed by atoms with van der Waals surface area (Å²) >= 11 is 0. The molecule has 1 fully saturated rings. The van der Waals surface area contributed by atoms with Gasteiger partial charge in [-0.25, -0.2) is 0 Å². The highest BCUT2D eigenvalue weighted by Crippen LogP contribution is 2.33. The summed E-state index contributed by atoms with van der Waals surface area (Å²) in [4.78, 5) is 41.5. The van der Waals surface area contributed by atoms with Crippen molar-refractivity contribution in [2.24, 2.45) is 5.92 Å². The van der Waals surface area contributed by atoms with E-state index < -0.39 is 29.5 Å².